The lowest BCUT2D eigenvalue weighted by molar-refractivity contribution is 0.155. The number of ether oxygens (including phenoxy) is 1. The maximum absolute atomic E-state index is 5.03. The Bertz CT molecular complexity index is 60.3. The largest absolute Gasteiger partial charge is 0.384 e. The zero-order valence-corrected chi connectivity index (χ0v) is 7.10. The van der Waals surface area contributed by atoms with Gasteiger partial charge in [0.15, 0.2) is 0 Å². The molecule has 0 spiro atoms. The van der Waals surface area contributed by atoms with E-state index < -0.39 is 0 Å². The third kappa shape index (κ3) is 3.85. The molecular weight excluding hydrogens is 126 g/mol. The molecule has 1 aliphatic carbocycles. The normalized spacial score (nSPS) is 18.3. The molecule has 10 heavy (non-hydrogen) atoms. The van der Waals surface area contributed by atoms with Crippen molar-refractivity contribution in [2.75, 3.05) is 20.8 Å². The molecule has 0 heterocycles. The Morgan fingerprint density at radius 2 is 1.80 bits per heavy atom. The fourth-order valence-corrected chi connectivity index (χ4v) is 1.41. The van der Waals surface area contributed by atoms with Gasteiger partial charge in [-0.2, -0.15) is 0 Å². The topological polar surface area (TPSA) is 35.2 Å². The second-order valence-electron chi connectivity index (χ2n) is 2.61. The van der Waals surface area contributed by atoms with Crippen molar-refractivity contribution < 1.29 is 4.74 Å². The molecule has 0 radical (unpaired) electrons. The standard InChI is InChI=1S/C7H14O.CH5N/c1-8-6-7-4-2-3-5-7;1-2/h7H,2-6H2,1H3;2H2,1H3. The van der Waals surface area contributed by atoms with Gasteiger partial charge in [-0.1, -0.05) is 12.8 Å². The molecule has 0 saturated heterocycles. The second kappa shape index (κ2) is 7.03. The van der Waals surface area contributed by atoms with Crippen molar-refractivity contribution in [1.82, 2.24) is 0 Å². The van der Waals surface area contributed by atoms with E-state index in [0.717, 1.165) is 12.5 Å². The second-order valence-corrected chi connectivity index (χ2v) is 2.61. The van der Waals surface area contributed by atoms with Crippen LogP contribution in [0, 0.1) is 5.92 Å². The molecule has 2 N–H and O–H groups in total. The molecule has 1 saturated carbocycles. The molecule has 0 aromatic carbocycles. The van der Waals surface area contributed by atoms with Crippen molar-refractivity contribution in [2.24, 2.45) is 11.7 Å². The zero-order valence-electron chi connectivity index (χ0n) is 7.10. The Morgan fingerprint density at radius 3 is 2.20 bits per heavy atom. The minimum absolute atomic E-state index is 0.889. The minimum atomic E-state index is 0.889. The molecule has 0 aliphatic heterocycles. The Kier molecular flexibility index (Phi) is 6.98. The fraction of sp³-hybridized carbons (Fsp3) is 1.00. The SMILES string of the molecule is CN.COCC1CCCC1. The predicted molar refractivity (Wildman–Crippen MR) is 43.9 cm³/mol. The van der Waals surface area contributed by atoms with Crippen LogP contribution in [0.15, 0.2) is 0 Å². The highest BCUT2D eigenvalue weighted by Gasteiger charge is 2.13. The molecule has 2 heteroatoms. The van der Waals surface area contributed by atoms with Crippen LogP contribution in [0.3, 0.4) is 0 Å². The molecule has 1 rings (SSSR count). The van der Waals surface area contributed by atoms with Crippen LogP contribution >= 0.6 is 0 Å². The van der Waals surface area contributed by atoms with Gasteiger partial charge in [0.1, 0.15) is 0 Å². The summed E-state index contributed by atoms with van der Waals surface area (Å²) in [5, 5.41) is 0. The van der Waals surface area contributed by atoms with E-state index in [1.54, 1.807) is 7.11 Å². The van der Waals surface area contributed by atoms with Gasteiger partial charge in [-0.05, 0) is 25.8 Å². The predicted octanol–water partition coefficient (Wildman–Crippen LogP) is 1.40. The van der Waals surface area contributed by atoms with E-state index in [9.17, 15) is 0 Å². The smallest absolute Gasteiger partial charge is 0.0490 e. The highest BCUT2D eigenvalue weighted by Crippen LogP contribution is 2.24. The first-order valence-corrected chi connectivity index (χ1v) is 4.00. The summed E-state index contributed by atoms with van der Waals surface area (Å²) in [6.07, 6.45) is 5.64. The first kappa shape index (κ1) is 9.92. The maximum atomic E-state index is 5.03. The van der Waals surface area contributed by atoms with Crippen LogP contribution < -0.4 is 5.73 Å². The van der Waals surface area contributed by atoms with E-state index in [1.165, 1.54) is 32.7 Å². The summed E-state index contributed by atoms with van der Waals surface area (Å²) in [6.45, 7) is 0.986. The number of hydrogen-bond donors (Lipinski definition) is 1. The Labute approximate surface area is 63.7 Å². The van der Waals surface area contributed by atoms with Crippen molar-refractivity contribution >= 4 is 0 Å². The summed E-state index contributed by atoms with van der Waals surface area (Å²) in [6, 6.07) is 0. The van der Waals surface area contributed by atoms with Crippen molar-refractivity contribution in [3.05, 3.63) is 0 Å². The molecule has 0 unspecified atom stereocenters. The highest BCUT2D eigenvalue weighted by atomic mass is 16.5. The van der Waals surface area contributed by atoms with Crippen molar-refractivity contribution in [1.29, 1.82) is 0 Å². The van der Waals surface area contributed by atoms with E-state index in [2.05, 4.69) is 5.73 Å². The van der Waals surface area contributed by atoms with Crippen LogP contribution in [-0.4, -0.2) is 20.8 Å². The van der Waals surface area contributed by atoms with Gasteiger partial charge in [0.25, 0.3) is 0 Å². The average molecular weight is 145 g/mol. The summed E-state index contributed by atoms with van der Waals surface area (Å²) in [5.74, 6) is 0.889. The number of methoxy groups -OCH3 is 1. The number of hydrogen-bond acceptors (Lipinski definition) is 2. The van der Waals surface area contributed by atoms with Crippen LogP contribution in [0.4, 0.5) is 0 Å². The van der Waals surface area contributed by atoms with E-state index in [0.29, 0.717) is 0 Å². The van der Waals surface area contributed by atoms with Gasteiger partial charge in [-0.25, -0.2) is 0 Å². The number of nitrogens with two attached hydrogens (primary N) is 1. The monoisotopic (exact) mass is 145 g/mol. The molecule has 0 aromatic rings. The molecule has 0 bridgehead atoms. The van der Waals surface area contributed by atoms with Gasteiger partial charge in [0.2, 0.25) is 0 Å². The molecule has 0 amide bonds. The lowest BCUT2D eigenvalue weighted by Gasteiger charge is -2.04. The van der Waals surface area contributed by atoms with Crippen LogP contribution in [0.5, 0.6) is 0 Å². The van der Waals surface area contributed by atoms with Gasteiger partial charge < -0.3 is 10.5 Å². The van der Waals surface area contributed by atoms with Crippen LogP contribution in [-0.2, 0) is 4.74 Å². The van der Waals surface area contributed by atoms with Crippen LogP contribution in [0.25, 0.3) is 0 Å². The molecule has 2 nitrogen and oxygen atoms in total. The first-order chi connectivity index (χ1) is 4.93. The fourth-order valence-electron chi connectivity index (χ4n) is 1.41. The van der Waals surface area contributed by atoms with E-state index in [-0.39, 0.29) is 0 Å². The molecule has 1 fully saturated rings. The Hall–Kier alpha value is -0.0800. The van der Waals surface area contributed by atoms with Crippen LogP contribution in [0.2, 0.25) is 0 Å². The molecule has 0 aromatic heterocycles. The summed E-state index contributed by atoms with van der Waals surface area (Å²) in [7, 11) is 3.29. The van der Waals surface area contributed by atoms with Gasteiger partial charge in [0, 0.05) is 13.7 Å². The maximum Gasteiger partial charge on any atom is 0.0490 e. The number of rotatable bonds is 2. The van der Waals surface area contributed by atoms with Gasteiger partial charge >= 0.3 is 0 Å². The summed E-state index contributed by atoms with van der Waals surface area (Å²) < 4.78 is 5.03. The third-order valence-electron chi connectivity index (χ3n) is 1.88. The summed E-state index contributed by atoms with van der Waals surface area (Å²) >= 11 is 0. The van der Waals surface area contributed by atoms with Gasteiger partial charge in [-0.15, -0.1) is 0 Å². The van der Waals surface area contributed by atoms with Gasteiger partial charge in [-0.3, -0.25) is 0 Å². The van der Waals surface area contributed by atoms with E-state index >= 15 is 0 Å². The van der Waals surface area contributed by atoms with E-state index in [1.807, 2.05) is 0 Å². The quantitative estimate of drug-likeness (QED) is 0.637. The van der Waals surface area contributed by atoms with E-state index in [4.69, 9.17) is 4.74 Å². The Balaban J connectivity index is 0.000000371. The lowest BCUT2D eigenvalue weighted by Crippen LogP contribution is -2.01. The molecule has 1 aliphatic rings. The molecule has 62 valence electrons. The van der Waals surface area contributed by atoms with Crippen molar-refractivity contribution in [2.45, 2.75) is 25.7 Å². The van der Waals surface area contributed by atoms with Crippen molar-refractivity contribution in [3.63, 3.8) is 0 Å². The molecular formula is C8H19NO. The third-order valence-corrected chi connectivity index (χ3v) is 1.88. The van der Waals surface area contributed by atoms with Crippen molar-refractivity contribution in [3.8, 4) is 0 Å². The minimum Gasteiger partial charge on any atom is -0.384 e. The van der Waals surface area contributed by atoms with Gasteiger partial charge in [0.05, 0.1) is 0 Å². The summed E-state index contributed by atoms with van der Waals surface area (Å²) in [4.78, 5) is 0. The Morgan fingerprint density at radius 1 is 1.30 bits per heavy atom. The van der Waals surface area contributed by atoms with Crippen LogP contribution in [0.1, 0.15) is 25.7 Å². The highest BCUT2D eigenvalue weighted by molar-refractivity contribution is 4.65. The first-order valence-electron chi connectivity index (χ1n) is 4.00. The molecule has 0 atom stereocenters. The average Bonchev–Trinajstić information content (AvgIpc) is 2.46. The lowest BCUT2D eigenvalue weighted by atomic mass is 10.1. The summed E-state index contributed by atoms with van der Waals surface area (Å²) in [5.41, 5.74) is 4.50. The zero-order chi connectivity index (χ0) is 7.82.